The monoisotopic (exact) mass is 346 g/mol. The summed E-state index contributed by atoms with van der Waals surface area (Å²) in [5, 5.41) is 0. The summed E-state index contributed by atoms with van der Waals surface area (Å²) in [5.41, 5.74) is 4.80. The van der Waals surface area contributed by atoms with E-state index < -0.39 is 0 Å². The van der Waals surface area contributed by atoms with Gasteiger partial charge in [-0.15, -0.1) is 0 Å². The molecule has 0 saturated carbocycles. The normalized spacial score (nSPS) is 11.4. The van der Waals surface area contributed by atoms with Crippen molar-refractivity contribution in [1.82, 2.24) is 9.55 Å². The van der Waals surface area contributed by atoms with Gasteiger partial charge in [0, 0.05) is 0 Å². The molecule has 0 fully saturated rings. The van der Waals surface area contributed by atoms with Gasteiger partial charge < -0.3 is 0 Å². The predicted molar refractivity (Wildman–Crippen MR) is 78.3 cm³/mol. The van der Waals surface area contributed by atoms with Crippen LogP contribution in [0.3, 0.4) is 0 Å². The third-order valence-corrected chi connectivity index (χ3v) is 6.01. The van der Waals surface area contributed by atoms with Crippen molar-refractivity contribution in [2.75, 3.05) is 0 Å². The summed E-state index contributed by atoms with van der Waals surface area (Å²) in [6.45, 7) is 10.3. The Labute approximate surface area is 124 Å². The van der Waals surface area contributed by atoms with E-state index in [1.165, 1.54) is 4.29 Å². The van der Waals surface area contributed by atoms with E-state index in [0.29, 0.717) is 0 Å². The summed E-state index contributed by atoms with van der Waals surface area (Å²) in [6.07, 6.45) is 5.51. The maximum absolute atomic E-state index is 3.38. The first-order chi connectivity index (χ1) is 9.26. The van der Waals surface area contributed by atoms with E-state index in [-0.39, 0.29) is 17.1 Å². The van der Waals surface area contributed by atoms with Crippen LogP contribution in [0, 0.1) is 0 Å². The van der Waals surface area contributed by atoms with Crippen molar-refractivity contribution in [2.24, 2.45) is 0 Å². The van der Waals surface area contributed by atoms with Crippen molar-refractivity contribution < 1.29 is 17.1 Å². The van der Waals surface area contributed by atoms with Gasteiger partial charge in [0.1, 0.15) is 0 Å². The Morgan fingerprint density at radius 2 is 1.79 bits per heavy atom. The molecule has 2 rings (SSSR count). The minimum absolute atomic E-state index is 0.112. The third kappa shape index (κ3) is 2.72. The molecule has 2 aromatic rings. The SMILES string of the molecule is CCc1c(CC)[c]([Ru][c]2ccc[nH]2)n(CC)c1CC. The molecule has 0 atom stereocenters. The second kappa shape index (κ2) is 6.56. The number of H-pyrrole nitrogens is 1. The molecule has 0 radical (unpaired) electrons. The summed E-state index contributed by atoms with van der Waals surface area (Å²) < 4.78 is 5.59. The van der Waals surface area contributed by atoms with Gasteiger partial charge >= 0.3 is 124 Å². The van der Waals surface area contributed by atoms with Gasteiger partial charge in [0.2, 0.25) is 0 Å². The summed E-state index contributed by atoms with van der Waals surface area (Å²) in [7, 11) is 0. The molecule has 2 nitrogen and oxygen atoms in total. The van der Waals surface area contributed by atoms with Gasteiger partial charge in [0.25, 0.3) is 0 Å². The molecular formula is C16H24N2Ru. The number of nitrogens with one attached hydrogen (secondary N) is 1. The van der Waals surface area contributed by atoms with E-state index >= 15 is 0 Å². The number of aromatic amines is 1. The van der Waals surface area contributed by atoms with Gasteiger partial charge in [-0.1, -0.05) is 0 Å². The molecule has 19 heavy (non-hydrogen) atoms. The van der Waals surface area contributed by atoms with E-state index in [2.05, 4.69) is 49.4 Å². The number of nitrogens with zero attached hydrogens (tertiary/aromatic N) is 1. The van der Waals surface area contributed by atoms with Gasteiger partial charge in [0.05, 0.1) is 0 Å². The van der Waals surface area contributed by atoms with E-state index in [9.17, 15) is 0 Å². The van der Waals surface area contributed by atoms with E-state index in [0.717, 1.165) is 25.8 Å². The van der Waals surface area contributed by atoms with Crippen LogP contribution in [0.1, 0.15) is 44.5 Å². The first kappa shape index (κ1) is 14.6. The topological polar surface area (TPSA) is 20.7 Å². The third-order valence-electron chi connectivity index (χ3n) is 3.60. The Bertz CT molecular complexity index is 494. The Morgan fingerprint density at radius 3 is 2.26 bits per heavy atom. The van der Waals surface area contributed by atoms with E-state index in [4.69, 9.17) is 0 Å². The van der Waals surface area contributed by atoms with Crippen LogP contribution < -0.4 is 8.58 Å². The maximum atomic E-state index is 3.38. The molecule has 2 heterocycles. The van der Waals surface area contributed by atoms with Crippen LogP contribution in [-0.2, 0) is 42.9 Å². The summed E-state index contributed by atoms with van der Waals surface area (Å²) in [5.74, 6) is 0. The van der Waals surface area contributed by atoms with Crippen molar-refractivity contribution in [2.45, 2.75) is 53.5 Å². The molecule has 0 unspecified atom stereocenters. The summed E-state index contributed by atoms with van der Waals surface area (Å²) in [6, 6.07) is 4.33. The zero-order chi connectivity index (χ0) is 13.8. The van der Waals surface area contributed by atoms with Crippen LogP contribution in [0.25, 0.3) is 0 Å². The summed E-state index contributed by atoms with van der Waals surface area (Å²) in [4.78, 5) is 3.38. The van der Waals surface area contributed by atoms with Gasteiger partial charge in [-0.25, -0.2) is 0 Å². The van der Waals surface area contributed by atoms with Gasteiger partial charge in [0.15, 0.2) is 0 Å². The Balaban J connectivity index is 2.53. The fourth-order valence-corrected chi connectivity index (χ4v) is 5.39. The second-order valence-corrected chi connectivity index (χ2v) is 6.78. The average Bonchev–Trinajstić information content (AvgIpc) is 3.03. The second-order valence-electron chi connectivity index (χ2n) is 4.58. The van der Waals surface area contributed by atoms with Gasteiger partial charge in [-0.2, -0.15) is 0 Å². The molecule has 0 aliphatic rings. The van der Waals surface area contributed by atoms with Crippen LogP contribution >= 0.6 is 0 Å². The molecule has 0 amide bonds. The van der Waals surface area contributed by atoms with Crippen molar-refractivity contribution in [3.63, 3.8) is 0 Å². The van der Waals surface area contributed by atoms with Crippen LogP contribution in [0.2, 0.25) is 0 Å². The number of rotatable bonds is 6. The molecule has 0 aliphatic carbocycles. The Kier molecular flexibility index (Phi) is 5.04. The molecular weight excluding hydrogens is 321 g/mol. The molecule has 2 aromatic heterocycles. The molecule has 0 saturated heterocycles. The Hall–Kier alpha value is -0.817. The van der Waals surface area contributed by atoms with E-state index in [1.54, 1.807) is 21.1 Å². The number of hydrogen-bond acceptors (Lipinski definition) is 0. The Morgan fingerprint density at radius 1 is 1.05 bits per heavy atom. The first-order valence-electron chi connectivity index (χ1n) is 7.25. The van der Waals surface area contributed by atoms with Crippen LogP contribution in [0.5, 0.6) is 0 Å². The zero-order valence-corrected chi connectivity index (χ0v) is 14.1. The molecule has 0 aliphatic heterocycles. The predicted octanol–water partition coefficient (Wildman–Crippen LogP) is 2.56. The molecule has 1 N–H and O–H groups in total. The molecule has 0 aromatic carbocycles. The average molecular weight is 345 g/mol. The van der Waals surface area contributed by atoms with Crippen molar-refractivity contribution >= 4 is 8.58 Å². The van der Waals surface area contributed by atoms with Crippen molar-refractivity contribution in [3.8, 4) is 0 Å². The van der Waals surface area contributed by atoms with E-state index in [1.807, 2.05) is 6.20 Å². The quantitative estimate of drug-likeness (QED) is 0.777. The van der Waals surface area contributed by atoms with Gasteiger partial charge in [-0.05, 0) is 0 Å². The zero-order valence-electron chi connectivity index (χ0n) is 12.4. The van der Waals surface area contributed by atoms with Crippen LogP contribution in [-0.4, -0.2) is 9.55 Å². The fraction of sp³-hybridized carbons (Fsp3) is 0.500. The number of aromatic nitrogens is 2. The molecule has 3 heteroatoms. The summed E-state index contributed by atoms with van der Waals surface area (Å²) >= 11 is 0.112. The molecule has 0 spiro atoms. The molecule has 106 valence electrons. The van der Waals surface area contributed by atoms with Crippen LogP contribution in [0.15, 0.2) is 18.3 Å². The molecule has 0 bridgehead atoms. The number of hydrogen-bond donors (Lipinski definition) is 1. The fourth-order valence-electron chi connectivity index (χ4n) is 2.79. The standard InChI is InChI=1S/C12H20N.C4H4N.Ru/c1-5-10-9-13(8-4)12(7-3)11(10)6-2;1-2-4-5-3-1;/h5-8H2,1-4H3;1-3,5H;. The van der Waals surface area contributed by atoms with Crippen LogP contribution in [0.4, 0.5) is 0 Å². The van der Waals surface area contributed by atoms with Gasteiger partial charge in [-0.3, -0.25) is 0 Å². The minimum atomic E-state index is 0.112. The van der Waals surface area contributed by atoms with Crippen molar-refractivity contribution in [3.05, 3.63) is 35.2 Å². The first-order valence-corrected chi connectivity index (χ1v) is 8.99. The van der Waals surface area contributed by atoms with Crippen molar-refractivity contribution in [1.29, 1.82) is 0 Å².